The van der Waals surface area contributed by atoms with Gasteiger partial charge in [-0.2, -0.15) is 5.10 Å². The first-order chi connectivity index (χ1) is 14.9. The second-order valence-corrected chi connectivity index (χ2v) is 7.81. The largest absolute Gasteiger partial charge is 0.325 e. The van der Waals surface area contributed by atoms with Crippen molar-refractivity contribution in [3.63, 3.8) is 0 Å². The smallest absolute Gasteiger partial charge is 0.228 e. The van der Waals surface area contributed by atoms with Crippen molar-refractivity contribution in [1.82, 2.24) is 19.7 Å². The van der Waals surface area contributed by atoms with Gasteiger partial charge in [0.05, 0.1) is 29.5 Å². The second kappa shape index (κ2) is 8.63. The minimum atomic E-state index is -0.442. The second-order valence-electron chi connectivity index (χ2n) is 7.81. The molecule has 9 heteroatoms. The molecule has 1 N–H and O–H groups in total. The third-order valence-corrected chi connectivity index (χ3v) is 5.05. The third kappa shape index (κ3) is 4.76. The number of hydrogen-bond acceptors (Lipinski definition) is 5. The fraction of sp³-hybridized carbons (Fsp3) is 0.318. The number of aromatic nitrogens is 4. The molecule has 4 heterocycles. The van der Waals surface area contributed by atoms with E-state index < -0.39 is 5.82 Å². The number of pyridine rings is 2. The Kier molecular flexibility index (Phi) is 5.75. The van der Waals surface area contributed by atoms with E-state index in [1.165, 1.54) is 18.5 Å². The first-order valence-electron chi connectivity index (χ1n) is 10.1. The molecule has 3 aromatic rings. The van der Waals surface area contributed by atoms with E-state index in [1.807, 2.05) is 17.7 Å². The number of nitrogens with zero attached hydrogens (tertiary/aromatic N) is 5. The van der Waals surface area contributed by atoms with Crippen LogP contribution in [0.4, 0.5) is 15.9 Å². The van der Waals surface area contributed by atoms with Crippen LogP contribution in [0.2, 0.25) is 0 Å². The van der Waals surface area contributed by atoms with Crippen LogP contribution >= 0.6 is 0 Å². The molecule has 1 unspecified atom stereocenters. The highest BCUT2D eigenvalue weighted by atomic mass is 19.1. The van der Waals surface area contributed by atoms with Crippen LogP contribution in [-0.2, 0) is 16.1 Å². The van der Waals surface area contributed by atoms with Gasteiger partial charge < -0.3 is 5.32 Å². The molecule has 1 aliphatic rings. The molecule has 4 rings (SSSR count). The Hall–Kier alpha value is -3.62. The first-order valence-corrected chi connectivity index (χ1v) is 10.1. The summed E-state index contributed by atoms with van der Waals surface area (Å²) in [7, 11) is 0. The fourth-order valence-electron chi connectivity index (χ4n) is 3.64. The van der Waals surface area contributed by atoms with Crippen LogP contribution in [0.1, 0.15) is 25.5 Å². The number of aryl methyl sites for hydroxylation is 1. The van der Waals surface area contributed by atoms with E-state index in [2.05, 4.69) is 27.3 Å². The zero-order valence-electron chi connectivity index (χ0n) is 17.4. The van der Waals surface area contributed by atoms with E-state index in [0.29, 0.717) is 29.4 Å². The van der Waals surface area contributed by atoms with Crippen LogP contribution < -0.4 is 10.2 Å². The molecule has 0 bridgehead atoms. The number of carbonyl (C=O) groups excluding carboxylic acids is 2. The molecule has 160 valence electrons. The number of carbonyl (C=O) groups is 2. The van der Waals surface area contributed by atoms with E-state index in [1.54, 1.807) is 17.0 Å². The Balaban J connectivity index is 1.34. The molecule has 0 spiro atoms. The lowest BCUT2D eigenvalue weighted by atomic mass is 10.1. The van der Waals surface area contributed by atoms with E-state index in [4.69, 9.17) is 0 Å². The van der Waals surface area contributed by atoms with Crippen LogP contribution in [0.3, 0.4) is 0 Å². The SMILES string of the molecule is Cc1cc2n(n1)CC(C)CN2C(=O)CCC(=O)Nc1ccc(-c2cncc(F)c2)nc1. The van der Waals surface area contributed by atoms with Crippen molar-refractivity contribution in [2.45, 2.75) is 33.2 Å². The molecule has 0 fully saturated rings. The average molecular weight is 422 g/mol. The van der Waals surface area contributed by atoms with Crippen molar-refractivity contribution >= 4 is 23.3 Å². The van der Waals surface area contributed by atoms with E-state index in [9.17, 15) is 14.0 Å². The van der Waals surface area contributed by atoms with Gasteiger partial charge in [-0.1, -0.05) is 6.92 Å². The standard InChI is InChI=1S/C22H23FN6O2/c1-14-12-28(21-7-15(2)27-29(21)13-14)22(31)6-5-20(30)26-18-3-4-19(25-11-18)16-8-17(23)10-24-9-16/h3-4,7-11,14H,5-6,12-13H2,1-2H3,(H,26,30). The van der Waals surface area contributed by atoms with Crippen molar-refractivity contribution < 1.29 is 14.0 Å². The number of rotatable bonds is 5. The third-order valence-electron chi connectivity index (χ3n) is 5.05. The van der Waals surface area contributed by atoms with Crippen LogP contribution in [0, 0.1) is 18.7 Å². The maximum atomic E-state index is 13.3. The highest BCUT2D eigenvalue weighted by molar-refractivity contribution is 5.97. The summed E-state index contributed by atoms with van der Waals surface area (Å²) < 4.78 is 15.2. The zero-order chi connectivity index (χ0) is 22.0. The summed E-state index contributed by atoms with van der Waals surface area (Å²) in [5.41, 5.74) is 2.47. The minimum Gasteiger partial charge on any atom is -0.325 e. The van der Waals surface area contributed by atoms with Crippen molar-refractivity contribution in [2.24, 2.45) is 5.92 Å². The van der Waals surface area contributed by atoms with Gasteiger partial charge >= 0.3 is 0 Å². The summed E-state index contributed by atoms with van der Waals surface area (Å²) in [4.78, 5) is 34.8. The fourth-order valence-corrected chi connectivity index (χ4v) is 3.64. The van der Waals surface area contributed by atoms with Crippen molar-refractivity contribution in [3.8, 4) is 11.3 Å². The quantitative estimate of drug-likeness (QED) is 0.682. The monoisotopic (exact) mass is 422 g/mol. The lowest BCUT2D eigenvalue weighted by Gasteiger charge is -2.31. The predicted octanol–water partition coefficient (Wildman–Crippen LogP) is 3.19. The highest BCUT2D eigenvalue weighted by Gasteiger charge is 2.27. The van der Waals surface area contributed by atoms with Gasteiger partial charge in [-0.15, -0.1) is 0 Å². The van der Waals surface area contributed by atoms with Gasteiger partial charge in [0.15, 0.2) is 0 Å². The number of anilines is 2. The van der Waals surface area contributed by atoms with Crippen molar-refractivity contribution in [2.75, 3.05) is 16.8 Å². The number of hydrogen-bond donors (Lipinski definition) is 1. The van der Waals surface area contributed by atoms with Gasteiger partial charge in [0, 0.05) is 43.8 Å². The Morgan fingerprint density at radius 2 is 2.00 bits per heavy atom. The van der Waals surface area contributed by atoms with Crippen LogP contribution in [0.15, 0.2) is 42.9 Å². The van der Waals surface area contributed by atoms with Gasteiger partial charge in [0.1, 0.15) is 11.6 Å². The Labute approximate surface area is 179 Å². The molecule has 0 aromatic carbocycles. The summed E-state index contributed by atoms with van der Waals surface area (Å²) in [6, 6.07) is 6.59. The molecule has 8 nitrogen and oxygen atoms in total. The van der Waals surface area contributed by atoms with E-state index >= 15 is 0 Å². The maximum Gasteiger partial charge on any atom is 0.228 e. The summed E-state index contributed by atoms with van der Waals surface area (Å²) in [5, 5.41) is 7.17. The molecule has 0 saturated heterocycles. The predicted molar refractivity (Wildman–Crippen MR) is 114 cm³/mol. The van der Waals surface area contributed by atoms with Crippen molar-refractivity contribution in [3.05, 3.63) is 54.4 Å². The van der Waals surface area contributed by atoms with Crippen LogP contribution in [0.25, 0.3) is 11.3 Å². The Morgan fingerprint density at radius 1 is 1.16 bits per heavy atom. The van der Waals surface area contributed by atoms with Crippen molar-refractivity contribution in [1.29, 1.82) is 0 Å². The molecular formula is C22H23FN6O2. The molecule has 1 aliphatic heterocycles. The van der Waals surface area contributed by atoms with Gasteiger partial charge in [-0.3, -0.25) is 24.5 Å². The maximum absolute atomic E-state index is 13.3. The number of fused-ring (bicyclic) bond motifs is 1. The number of halogens is 1. The molecular weight excluding hydrogens is 399 g/mol. The van der Waals surface area contributed by atoms with Crippen LogP contribution in [-0.4, -0.2) is 38.1 Å². The molecule has 3 aromatic heterocycles. The summed E-state index contributed by atoms with van der Waals surface area (Å²) >= 11 is 0. The molecule has 0 radical (unpaired) electrons. The lowest BCUT2D eigenvalue weighted by molar-refractivity contribution is -0.122. The number of amides is 2. The summed E-state index contributed by atoms with van der Waals surface area (Å²) in [6.45, 7) is 5.37. The van der Waals surface area contributed by atoms with Gasteiger partial charge in [-0.05, 0) is 31.0 Å². The molecule has 2 amide bonds. The molecule has 0 aliphatic carbocycles. The highest BCUT2D eigenvalue weighted by Crippen LogP contribution is 2.25. The van der Waals surface area contributed by atoms with Gasteiger partial charge in [0.2, 0.25) is 11.8 Å². The van der Waals surface area contributed by atoms with E-state index in [0.717, 1.165) is 24.3 Å². The van der Waals surface area contributed by atoms with E-state index in [-0.39, 0.29) is 24.7 Å². The van der Waals surface area contributed by atoms with Gasteiger partial charge in [-0.25, -0.2) is 9.07 Å². The normalized spacial score (nSPS) is 15.5. The van der Waals surface area contributed by atoms with Gasteiger partial charge in [0.25, 0.3) is 0 Å². The Bertz CT molecular complexity index is 1110. The molecule has 0 saturated carbocycles. The zero-order valence-corrected chi connectivity index (χ0v) is 17.4. The minimum absolute atomic E-state index is 0.0619. The average Bonchev–Trinajstić information content (AvgIpc) is 3.11. The molecule has 31 heavy (non-hydrogen) atoms. The summed E-state index contributed by atoms with van der Waals surface area (Å²) in [6.07, 6.45) is 4.30. The van der Waals surface area contributed by atoms with Crippen LogP contribution in [0.5, 0.6) is 0 Å². The topological polar surface area (TPSA) is 93.0 Å². The number of nitrogens with one attached hydrogen (secondary N) is 1. The lowest BCUT2D eigenvalue weighted by Crippen LogP contribution is -2.41. The molecule has 1 atom stereocenters. The Morgan fingerprint density at radius 3 is 2.74 bits per heavy atom. The first kappa shape index (κ1) is 20.6. The summed E-state index contributed by atoms with van der Waals surface area (Å²) in [5.74, 6) is 0.262.